The van der Waals surface area contributed by atoms with Gasteiger partial charge in [-0.1, -0.05) is 36.4 Å². The van der Waals surface area contributed by atoms with Crippen molar-refractivity contribution in [3.05, 3.63) is 60.7 Å². The molecule has 0 bridgehead atoms. The first-order valence-electron chi connectivity index (χ1n) is 6.18. The van der Waals surface area contributed by atoms with E-state index in [2.05, 4.69) is 9.98 Å². The summed E-state index contributed by atoms with van der Waals surface area (Å²) in [5.41, 5.74) is 1.87. The molecule has 0 fully saturated rings. The van der Waals surface area contributed by atoms with Crippen LogP contribution in [0.3, 0.4) is 0 Å². The summed E-state index contributed by atoms with van der Waals surface area (Å²) in [7, 11) is 0. The zero-order valence-corrected chi connectivity index (χ0v) is 11.9. The molecule has 0 aliphatic carbocycles. The lowest BCUT2D eigenvalue weighted by Gasteiger charge is -1.95. The van der Waals surface area contributed by atoms with Gasteiger partial charge in [-0.25, -0.2) is 0 Å². The fourth-order valence-corrected chi connectivity index (χ4v) is 1.49. The molecule has 2 rings (SSSR count). The van der Waals surface area contributed by atoms with Crippen LogP contribution in [0.25, 0.3) is 0 Å². The molecule has 0 saturated heterocycles. The van der Waals surface area contributed by atoms with Crippen molar-refractivity contribution in [3.63, 3.8) is 0 Å². The Hall–Kier alpha value is -1.97. The van der Waals surface area contributed by atoms with Crippen LogP contribution in [-0.4, -0.2) is 25.6 Å². The summed E-state index contributed by atoms with van der Waals surface area (Å²) in [5.74, 6) is 0. The molecule has 0 aliphatic rings. The minimum Gasteiger partial charge on any atom is -0.370 e. The van der Waals surface area contributed by atoms with E-state index in [9.17, 15) is 0 Å². The largest absolute Gasteiger partial charge is 0.370 e. The van der Waals surface area contributed by atoms with E-state index in [1.54, 1.807) is 12.4 Å². The van der Waals surface area contributed by atoms with Crippen LogP contribution in [0.1, 0.15) is 0 Å². The molecule has 0 heterocycles. The monoisotopic (exact) mass is 288 g/mol. The van der Waals surface area contributed by atoms with Gasteiger partial charge in [-0.05, 0) is 24.3 Å². The Morgan fingerprint density at radius 1 is 0.700 bits per heavy atom. The molecule has 3 nitrogen and oxygen atoms in total. The second kappa shape index (κ2) is 9.89. The summed E-state index contributed by atoms with van der Waals surface area (Å²) in [6, 6.07) is 19.6. The van der Waals surface area contributed by atoms with E-state index in [1.807, 2.05) is 60.7 Å². The highest BCUT2D eigenvalue weighted by molar-refractivity contribution is 5.85. The van der Waals surface area contributed by atoms with Crippen LogP contribution in [-0.2, 0) is 4.74 Å². The van der Waals surface area contributed by atoms with E-state index in [-0.39, 0.29) is 12.4 Å². The summed E-state index contributed by atoms with van der Waals surface area (Å²) in [6.07, 6.45) is 3.51. The smallest absolute Gasteiger partial charge is 0.0824 e. The van der Waals surface area contributed by atoms with Crippen molar-refractivity contribution in [1.29, 1.82) is 0 Å². The number of aliphatic imine (C=N–C) groups is 2. The van der Waals surface area contributed by atoms with Gasteiger partial charge in [0.15, 0.2) is 0 Å². The molecule has 4 heteroatoms. The van der Waals surface area contributed by atoms with Crippen LogP contribution >= 0.6 is 12.4 Å². The molecule has 0 radical (unpaired) electrons. The van der Waals surface area contributed by atoms with Gasteiger partial charge < -0.3 is 4.74 Å². The SMILES string of the molecule is C(COCC=Nc1ccccc1)=Nc1ccccc1.Cl. The van der Waals surface area contributed by atoms with Crippen LogP contribution < -0.4 is 0 Å². The van der Waals surface area contributed by atoms with Crippen LogP contribution in [0.4, 0.5) is 11.4 Å². The molecule has 20 heavy (non-hydrogen) atoms. The minimum absolute atomic E-state index is 0. The Morgan fingerprint density at radius 2 is 1.10 bits per heavy atom. The van der Waals surface area contributed by atoms with E-state index in [4.69, 9.17) is 4.74 Å². The topological polar surface area (TPSA) is 34.0 Å². The maximum atomic E-state index is 5.38. The Morgan fingerprint density at radius 3 is 1.50 bits per heavy atom. The normalized spacial score (nSPS) is 10.8. The molecule has 0 N–H and O–H groups in total. The van der Waals surface area contributed by atoms with Gasteiger partial charge in [0.2, 0.25) is 0 Å². The molecule has 0 unspecified atom stereocenters. The maximum absolute atomic E-state index is 5.38. The molecular weight excluding hydrogens is 272 g/mol. The van der Waals surface area contributed by atoms with E-state index in [1.165, 1.54) is 0 Å². The quantitative estimate of drug-likeness (QED) is 0.578. The lowest BCUT2D eigenvalue weighted by Crippen LogP contribution is -1.98. The van der Waals surface area contributed by atoms with E-state index in [0.29, 0.717) is 13.2 Å². The third kappa shape index (κ3) is 6.27. The number of hydrogen-bond donors (Lipinski definition) is 0. The zero-order valence-electron chi connectivity index (χ0n) is 11.1. The summed E-state index contributed by atoms with van der Waals surface area (Å²) in [6.45, 7) is 0.964. The first kappa shape index (κ1) is 16.1. The van der Waals surface area contributed by atoms with Crippen molar-refractivity contribution in [1.82, 2.24) is 0 Å². The van der Waals surface area contributed by atoms with Crippen molar-refractivity contribution in [2.75, 3.05) is 13.2 Å². The Labute approximate surface area is 125 Å². The highest BCUT2D eigenvalue weighted by atomic mass is 35.5. The lowest BCUT2D eigenvalue weighted by molar-refractivity contribution is 0.220. The van der Waals surface area contributed by atoms with E-state index in [0.717, 1.165) is 11.4 Å². The fraction of sp³-hybridized carbons (Fsp3) is 0.125. The minimum atomic E-state index is 0. The van der Waals surface area contributed by atoms with Crippen LogP contribution in [0.2, 0.25) is 0 Å². The first-order chi connectivity index (χ1) is 9.45. The van der Waals surface area contributed by atoms with Gasteiger partial charge >= 0.3 is 0 Å². The number of para-hydroxylation sites is 2. The van der Waals surface area contributed by atoms with Gasteiger partial charge in [0.25, 0.3) is 0 Å². The molecule has 2 aromatic carbocycles. The molecule has 104 valence electrons. The third-order valence-corrected chi connectivity index (χ3v) is 2.38. The predicted molar refractivity (Wildman–Crippen MR) is 87.3 cm³/mol. The van der Waals surface area contributed by atoms with Crippen LogP contribution in [0.5, 0.6) is 0 Å². The second-order valence-electron chi connectivity index (χ2n) is 3.83. The van der Waals surface area contributed by atoms with Crippen molar-refractivity contribution in [3.8, 4) is 0 Å². The maximum Gasteiger partial charge on any atom is 0.0824 e. The van der Waals surface area contributed by atoms with Gasteiger partial charge in [0.1, 0.15) is 0 Å². The average molecular weight is 289 g/mol. The van der Waals surface area contributed by atoms with Crippen molar-refractivity contribution < 1.29 is 4.74 Å². The first-order valence-corrected chi connectivity index (χ1v) is 6.18. The molecule has 0 aliphatic heterocycles. The Balaban J connectivity index is 0.00000200. The zero-order chi connectivity index (χ0) is 13.2. The van der Waals surface area contributed by atoms with Gasteiger partial charge in [0, 0.05) is 12.4 Å². The molecule has 0 amide bonds. The van der Waals surface area contributed by atoms with E-state index < -0.39 is 0 Å². The standard InChI is InChI=1S/C16H16N2O.ClH/c1-3-7-15(8-4-1)17-11-13-19-14-12-18-16-9-5-2-6-10-16;/h1-12H,13-14H2;1H. The van der Waals surface area contributed by atoms with Crippen molar-refractivity contribution in [2.24, 2.45) is 9.98 Å². The summed E-state index contributed by atoms with van der Waals surface area (Å²) in [5, 5.41) is 0. The predicted octanol–water partition coefficient (Wildman–Crippen LogP) is 4.23. The average Bonchev–Trinajstić information content (AvgIpc) is 2.48. The van der Waals surface area contributed by atoms with Gasteiger partial charge in [-0.3, -0.25) is 9.98 Å². The molecule has 0 saturated carbocycles. The highest BCUT2D eigenvalue weighted by Gasteiger charge is 1.85. The number of hydrogen-bond acceptors (Lipinski definition) is 3. The lowest BCUT2D eigenvalue weighted by atomic mass is 10.3. The van der Waals surface area contributed by atoms with Crippen LogP contribution in [0, 0.1) is 0 Å². The Bertz CT molecular complexity index is 477. The molecule has 0 spiro atoms. The molecule has 0 aromatic heterocycles. The number of rotatable bonds is 6. The number of benzene rings is 2. The van der Waals surface area contributed by atoms with E-state index >= 15 is 0 Å². The summed E-state index contributed by atoms with van der Waals surface area (Å²) >= 11 is 0. The van der Waals surface area contributed by atoms with Crippen molar-refractivity contribution in [2.45, 2.75) is 0 Å². The van der Waals surface area contributed by atoms with Gasteiger partial charge in [-0.15, -0.1) is 12.4 Å². The summed E-state index contributed by atoms with van der Waals surface area (Å²) < 4.78 is 5.38. The Kier molecular flexibility index (Phi) is 7.96. The number of halogens is 1. The van der Waals surface area contributed by atoms with Gasteiger partial charge in [0.05, 0.1) is 24.6 Å². The van der Waals surface area contributed by atoms with Gasteiger partial charge in [-0.2, -0.15) is 0 Å². The molecular formula is C16H17ClN2O. The number of ether oxygens (including phenoxy) is 1. The fourth-order valence-electron chi connectivity index (χ4n) is 1.49. The van der Waals surface area contributed by atoms with Crippen LogP contribution in [0.15, 0.2) is 70.6 Å². The second-order valence-corrected chi connectivity index (χ2v) is 3.83. The van der Waals surface area contributed by atoms with Crippen molar-refractivity contribution >= 4 is 36.2 Å². The molecule has 2 aromatic rings. The summed E-state index contributed by atoms with van der Waals surface area (Å²) in [4.78, 5) is 8.54. The highest BCUT2D eigenvalue weighted by Crippen LogP contribution is 2.08. The third-order valence-electron chi connectivity index (χ3n) is 2.38. The molecule has 0 atom stereocenters. The number of nitrogens with zero attached hydrogens (tertiary/aromatic N) is 2.